The third-order valence-electron chi connectivity index (χ3n) is 7.52. The quantitative estimate of drug-likeness (QED) is 0.651. The molecule has 3 aliphatic rings. The zero-order chi connectivity index (χ0) is 21.3. The highest BCUT2D eigenvalue weighted by Gasteiger charge is 2.41. The summed E-state index contributed by atoms with van der Waals surface area (Å²) in [6.45, 7) is 12.2. The van der Waals surface area contributed by atoms with Crippen LogP contribution in [-0.4, -0.2) is 52.4 Å². The lowest BCUT2D eigenvalue weighted by Gasteiger charge is -2.41. The first-order valence-corrected chi connectivity index (χ1v) is 12.3. The fourth-order valence-corrected chi connectivity index (χ4v) is 5.88. The summed E-state index contributed by atoms with van der Waals surface area (Å²) < 4.78 is 0. The average Bonchev–Trinajstić information content (AvgIpc) is 2.98. The topological polar surface area (TPSA) is 49.3 Å². The van der Waals surface area contributed by atoms with Gasteiger partial charge in [0.1, 0.15) is 5.78 Å². The number of Topliss-reactive ketones (excluding diaryl/α,β-unsaturated/α-hetero) is 1. The molecule has 5 heteroatoms. The fraction of sp³-hybridized carbons (Fsp3) is 0.800. The molecule has 1 aliphatic carbocycles. The molecule has 166 valence electrons. The molecule has 2 unspecified atom stereocenters. The Labute approximate surface area is 182 Å². The van der Waals surface area contributed by atoms with E-state index >= 15 is 0 Å². The second kappa shape index (κ2) is 9.33. The van der Waals surface area contributed by atoms with Crippen molar-refractivity contribution >= 4 is 11.7 Å². The largest absolute Gasteiger partial charge is 0.332 e. The van der Waals surface area contributed by atoms with Crippen molar-refractivity contribution in [2.24, 2.45) is 17.8 Å². The summed E-state index contributed by atoms with van der Waals surface area (Å²) in [4.78, 5) is 26.9. The number of hydrogen-bond donors (Lipinski definition) is 0. The van der Waals surface area contributed by atoms with Crippen molar-refractivity contribution in [1.29, 1.82) is 0 Å². The van der Waals surface area contributed by atoms with Crippen molar-refractivity contribution < 1.29 is 4.79 Å². The average molecular weight is 413 g/mol. The summed E-state index contributed by atoms with van der Waals surface area (Å²) in [5, 5.41) is 0. The third-order valence-corrected chi connectivity index (χ3v) is 7.52. The monoisotopic (exact) mass is 412 g/mol. The molecule has 2 bridgehead atoms. The maximum atomic E-state index is 12.1. The van der Waals surface area contributed by atoms with Crippen LogP contribution < -0.4 is 4.90 Å². The third kappa shape index (κ3) is 4.87. The van der Waals surface area contributed by atoms with E-state index in [1.165, 1.54) is 24.9 Å². The molecule has 0 radical (unpaired) electrons. The van der Waals surface area contributed by atoms with Crippen molar-refractivity contribution in [3.05, 3.63) is 18.0 Å². The molecule has 1 saturated carbocycles. The predicted molar refractivity (Wildman–Crippen MR) is 122 cm³/mol. The Bertz CT molecular complexity index is 694. The van der Waals surface area contributed by atoms with Crippen LogP contribution >= 0.6 is 0 Å². The molecule has 0 N–H and O–H groups in total. The Morgan fingerprint density at radius 1 is 0.967 bits per heavy atom. The van der Waals surface area contributed by atoms with Crippen LogP contribution in [0.1, 0.15) is 84.1 Å². The van der Waals surface area contributed by atoms with Gasteiger partial charge in [-0.25, -0.2) is 9.97 Å². The van der Waals surface area contributed by atoms with Gasteiger partial charge in [-0.15, -0.1) is 0 Å². The van der Waals surface area contributed by atoms with Crippen LogP contribution in [0, 0.1) is 17.8 Å². The Hall–Kier alpha value is -1.49. The van der Waals surface area contributed by atoms with Crippen LogP contribution in [0.5, 0.6) is 0 Å². The lowest BCUT2D eigenvalue weighted by molar-refractivity contribution is -0.123. The van der Waals surface area contributed by atoms with Crippen LogP contribution in [0.3, 0.4) is 0 Å². The Kier molecular flexibility index (Phi) is 6.76. The molecule has 3 heterocycles. The summed E-state index contributed by atoms with van der Waals surface area (Å²) in [6, 6.07) is 1.14. The number of rotatable bonds is 7. The molecule has 1 aromatic rings. The number of likely N-dealkylation sites (tertiary alicyclic amines) is 1. The summed E-state index contributed by atoms with van der Waals surface area (Å²) in [7, 11) is 0. The van der Waals surface area contributed by atoms with Crippen molar-refractivity contribution in [1.82, 2.24) is 14.9 Å². The lowest BCUT2D eigenvalue weighted by atomic mass is 9.77. The molecule has 0 aromatic carbocycles. The highest BCUT2D eigenvalue weighted by Crippen LogP contribution is 2.38. The molecule has 1 aromatic heterocycles. The first-order valence-electron chi connectivity index (χ1n) is 12.3. The highest BCUT2D eigenvalue weighted by atomic mass is 16.1. The maximum Gasteiger partial charge on any atom is 0.225 e. The van der Waals surface area contributed by atoms with Crippen LogP contribution in [-0.2, 0) is 4.79 Å². The van der Waals surface area contributed by atoms with E-state index in [4.69, 9.17) is 9.97 Å². The standard InChI is InChI=1S/C25H40N4O/c1-17(2)14-28-15-22-9-10-23(16-28)29(22)25-26-12-21(13-27-25)20-7-5-19(6-8-20)11-24(30)18(3)4/h12-13,17-20,22-23H,5-11,14-16H2,1-4H3/t19-,20+,22?,23?. The number of aromatic nitrogens is 2. The molecule has 5 nitrogen and oxygen atoms in total. The van der Waals surface area contributed by atoms with Gasteiger partial charge in [-0.05, 0) is 61.8 Å². The zero-order valence-corrected chi connectivity index (χ0v) is 19.4. The number of ketones is 1. The Morgan fingerprint density at radius 2 is 1.57 bits per heavy atom. The van der Waals surface area contributed by atoms with E-state index in [0.717, 1.165) is 57.1 Å². The van der Waals surface area contributed by atoms with Crippen molar-refractivity contribution in [2.75, 3.05) is 24.5 Å². The smallest absolute Gasteiger partial charge is 0.225 e. The predicted octanol–water partition coefficient (Wildman–Crippen LogP) is 4.67. The fourth-order valence-electron chi connectivity index (χ4n) is 5.88. The van der Waals surface area contributed by atoms with E-state index in [9.17, 15) is 4.79 Å². The van der Waals surface area contributed by atoms with Gasteiger partial charge in [-0.2, -0.15) is 0 Å². The van der Waals surface area contributed by atoms with Gasteiger partial charge in [0.05, 0.1) is 0 Å². The number of carbonyl (C=O) groups is 1. The van der Waals surface area contributed by atoms with E-state index in [2.05, 4.69) is 36.0 Å². The SMILES string of the molecule is CC(C)CN1CC2CCC(C1)N2c1ncc([C@H]2CC[C@@H](CC(=O)C(C)C)CC2)cn1. The van der Waals surface area contributed by atoms with Crippen LogP contribution in [0.25, 0.3) is 0 Å². The summed E-state index contributed by atoms with van der Waals surface area (Å²) in [5.74, 6) is 3.40. The molecule has 3 fully saturated rings. The van der Waals surface area contributed by atoms with Gasteiger partial charge in [0, 0.05) is 56.5 Å². The minimum absolute atomic E-state index is 0.172. The van der Waals surface area contributed by atoms with Crippen LogP contribution in [0.4, 0.5) is 5.95 Å². The van der Waals surface area contributed by atoms with Gasteiger partial charge in [0.15, 0.2) is 0 Å². The van der Waals surface area contributed by atoms with Crippen molar-refractivity contribution in [3.63, 3.8) is 0 Å². The minimum Gasteiger partial charge on any atom is -0.332 e. The number of fused-ring (bicyclic) bond motifs is 2. The van der Waals surface area contributed by atoms with E-state index in [1.54, 1.807) is 0 Å². The first kappa shape index (κ1) is 21.7. The van der Waals surface area contributed by atoms with Crippen molar-refractivity contribution in [3.8, 4) is 0 Å². The molecule has 2 atom stereocenters. The lowest BCUT2D eigenvalue weighted by Crippen LogP contribution is -2.55. The number of carbonyl (C=O) groups excluding carboxylic acids is 1. The summed E-state index contributed by atoms with van der Waals surface area (Å²) in [6.07, 6.45) is 12.1. The molecular weight excluding hydrogens is 372 g/mol. The van der Waals surface area contributed by atoms with E-state index in [0.29, 0.717) is 29.7 Å². The molecule has 0 spiro atoms. The van der Waals surface area contributed by atoms with E-state index < -0.39 is 0 Å². The number of nitrogens with zero attached hydrogens (tertiary/aromatic N) is 4. The van der Waals surface area contributed by atoms with Gasteiger partial charge in [0.25, 0.3) is 0 Å². The maximum absolute atomic E-state index is 12.1. The highest BCUT2D eigenvalue weighted by molar-refractivity contribution is 5.80. The molecular formula is C25H40N4O. The number of hydrogen-bond acceptors (Lipinski definition) is 5. The van der Waals surface area contributed by atoms with Crippen LogP contribution in [0.15, 0.2) is 12.4 Å². The van der Waals surface area contributed by atoms with Gasteiger partial charge in [-0.3, -0.25) is 9.69 Å². The van der Waals surface area contributed by atoms with Gasteiger partial charge in [-0.1, -0.05) is 27.7 Å². The zero-order valence-electron chi connectivity index (χ0n) is 19.4. The van der Waals surface area contributed by atoms with Gasteiger partial charge < -0.3 is 4.90 Å². The normalized spacial score (nSPS) is 29.7. The molecule has 2 aliphatic heterocycles. The van der Waals surface area contributed by atoms with Crippen LogP contribution in [0.2, 0.25) is 0 Å². The first-order chi connectivity index (χ1) is 14.4. The number of piperazine rings is 1. The molecule has 2 saturated heterocycles. The number of anilines is 1. The van der Waals surface area contributed by atoms with Gasteiger partial charge in [0.2, 0.25) is 5.95 Å². The molecule has 0 amide bonds. The molecule has 30 heavy (non-hydrogen) atoms. The van der Waals surface area contributed by atoms with Crippen molar-refractivity contribution in [2.45, 2.75) is 90.6 Å². The summed E-state index contributed by atoms with van der Waals surface area (Å²) >= 11 is 0. The minimum atomic E-state index is 0.172. The Morgan fingerprint density at radius 3 is 2.10 bits per heavy atom. The summed E-state index contributed by atoms with van der Waals surface area (Å²) in [5.41, 5.74) is 1.29. The van der Waals surface area contributed by atoms with Gasteiger partial charge >= 0.3 is 0 Å². The molecule has 4 rings (SSSR count). The van der Waals surface area contributed by atoms with E-state index in [-0.39, 0.29) is 5.92 Å². The second-order valence-corrected chi connectivity index (χ2v) is 10.8. The second-order valence-electron chi connectivity index (χ2n) is 10.8. The Balaban J connectivity index is 1.33. The van der Waals surface area contributed by atoms with E-state index in [1.807, 2.05) is 13.8 Å².